The number of aryl methyl sites for hydroxylation is 2. The number of benzene rings is 2. The molecule has 22 heavy (non-hydrogen) atoms. The number of carboxylic acids is 1. The molecule has 2 aromatic rings. The summed E-state index contributed by atoms with van der Waals surface area (Å²) in [6, 6.07) is 12.9. The van der Waals surface area contributed by atoms with Crippen molar-refractivity contribution < 1.29 is 19.4 Å². The van der Waals surface area contributed by atoms with E-state index >= 15 is 0 Å². The summed E-state index contributed by atoms with van der Waals surface area (Å²) in [5.41, 5.74) is 3.27. The molecule has 0 aromatic heterocycles. The molecule has 2 rings (SSSR count). The third-order valence-electron chi connectivity index (χ3n) is 3.59. The Balaban J connectivity index is 2.15. The van der Waals surface area contributed by atoms with E-state index in [2.05, 4.69) is 0 Å². The largest absolute Gasteiger partial charge is 0.497 e. The summed E-state index contributed by atoms with van der Waals surface area (Å²) in [5.74, 6) is 0.129. The molecule has 0 saturated heterocycles. The minimum atomic E-state index is -0.985. The van der Waals surface area contributed by atoms with Gasteiger partial charge in [-0.1, -0.05) is 24.3 Å². The molecule has 0 spiro atoms. The smallest absolute Gasteiger partial charge is 0.345 e. The Hall–Kier alpha value is -2.49. The van der Waals surface area contributed by atoms with Crippen LogP contribution in [0.25, 0.3) is 0 Å². The lowest BCUT2D eigenvalue weighted by Crippen LogP contribution is -2.29. The van der Waals surface area contributed by atoms with E-state index in [0.29, 0.717) is 17.9 Å². The molecule has 0 unspecified atom stereocenters. The molecule has 1 N–H and O–H groups in total. The highest BCUT2D eigenvalue weighted by Crippen LogP contribution is 2.21. The van der Waals surface area contributed by atoms with Gasteiger partial charge in [0.2, 0.25) is 0 Å². The van der Waals surface area contributed by atoms with Crippen LogP contribution >= 0.6 is 0 Å². The van der Waals surface area contributed by atoms with Crippen molar-refractivity contribution in [1.29, 1.82) is 0 Å². The zero-order chi connectivity index (χ0) is 16.1. The maximum Gasteiger partial charge on any atom is 0.345 e. The summed E-state index contributed by atoms with van der Waals surface area (Å²) in [5, 5.41) is 9.39. The van der Waals surface area contributed by atoms with Crippen molar-refractivity contribution in [3.8, 4) is 11.5 Å². The standard InChI is InChI=1S/C18H20O4/c1-12-7-8-14(9-13(12)2)10-17(18(19)20)22-16-6-4-5-15(11-16)21-3/h4-9,11,17H,10H2,1-3H3,(H,19,20)/t17-/m0/s1. The fourth-order valence-corrected chi connectivity index (χ4v) is 2.16. The molecular weight excluding hydrogens is 280 g/mol. The highest BCUT2D eigenvalue weighted by Gasteiger charge is 2.20. The molecule has 0 fully saturated rings. The van der Waals surface area contributed by atoms with Crippen molar-refractivity contribution in [2.24, 2.45) is 0 Å². The van der Waals surface area contributed by atoms with E-state index in [4.69, 9.17) is 9.47 Å². The second-order valence-corrected chi connectivity index (χ2v) is 5.25. The number of ether oxygens (including phenoxy) is 2. The Labute approximate surface area is 130 Å². The van der Waals surface area contributed by atoms with Gasteiger partial charge in [-0.3, -0.25) is 0 Å². The average Bonchev–Trinajstić information content (AvgIpc) is 2.50. The second-order valence-electron chi connectivity index (χ2n) is 5.25. The van der Waals surface area contributed by atoms with Crippen LogP contribution in [0, 0.1) is 13.8 Å². The van der Waals surface area contributed by atoms with Crippen LogP contribution in [0.15, 0.2) is 42.5 Å². The van der Waals surface area contributed by atoms with Gasteiger partial charge in [0.1, 0.15) is 11.5 Å². The van der Waals surface area contributed by atoms with Crippen molar-refractivity contribution in [1.82, 2.24) is 0 Å². The van der Waals surface area contributed by atoms with E-state index in [0.717, 1.165) is 11.1 Å². The van der Waals surface area contributed by atoms with Crippen LogP contribution in [-0.4, -0.2) is 24.3 Å². The molecule has 0 aliphatic carbocycles. The fraction of sp³-hybridized carbons (Fsp3) is 0.278. The third kappa shape index (κ3) is 4.01. The Bertz CT molecular complexity index is 664. The van der Waals surface area contributed by atoms with Gasteiger partial charge in [0.25, 0.3) is 0 Å². The summed E-state index contributed by atoms with van der Waals surface area (Å²) in [4.78, 5) is 11.5. The van der Waals surface area contributed by atoms with E-state index in [-0.39, 0.29) is 0 Å². The van der Waals surface area contributed by atoms with Gasteiger partial charge in [0.05, 0.1) is 7.11 Å². The molecule has 0 saturated carbocycles. The SMILES string of the molecule is COc1cccc(O[C@@H](Cc2ccc(C)c(C)c2)C(=O)O)c1. The number of rotatable bonds is 6. The van der Waals surface area contributed by atoms with Gasteiger partial charge in [-0.25, -0.2) is 4.79 Å². The molecule has 4 heteroatoms. The van der Waals surface area contributed by atoms with Gasteiger partial charge in [-0.15, -0.1) is 0 Å². The number of hydrogen-bond acceptors (Lipinski definition) is 3. The summed E-state index contributed by atoms with van der Waals surface area (Å²) >= 11 is 0. The highest BCUT2D eigenvalue weighted by atomic mass is 16.5. The van der Waals surface area contributed by atoms with Crippen LogP contribution in [0.2, 0.25) is 0 Å². The molecule has 1 atom stereocenters. The van der Waals surface area contributed by atoms with Gasteiger partial charge in [-0.05, 0) is 42.7 Å². The van der Waals surface area contributed by atoms with Gasteiger partial charge < -0.3 is 14.6 Å². The molecule has 116 valence electrons. The van der Waals surface area contributed by atoms with Gasteiger partial charge in [-0.2, -0.15) is 0 Å². The summed E-state index contributed by atoms with van der Waals surface area (Å²) in [6.45, 7) is 4.04. The van der Waals surface area contributed by atoms with Crippen molar-refractivity contribution >= 4 is 5.97 Å². The first-order chi connectivity index (χ1) is 10.5. The molecule has 0 heterocycles. The van der Waals surface area contributed by atoms with Crippen LogP contribution in [0.5, 0.6) is 11.5 Å². The second kappa shape index (κ2) is 6.98. The molecule has 0 aliphatic heterocycles. The van der Waals surface area contributed by atoms with E-state index in [1.165, 1.54) is 5.56 Å². The minimum Gasteiger partial charge on any atom is -0.497 e. The van der Waals surface area contributed by atoms with Crippen LogP contribution in [0.4, 0.5) is 0 Å². The lowest BCUT2D eigenvalue weighted by atomic mass is 10.0. The molecule has 4 nitrogen and oxygen atoms in total. The normalized spacial score (nSPS) is 11.8. The molecule has 0 bridgehead atoms. The quantitative estimate of drug-likeness (QED) is 0.888. The maximum atomic E-state index is 11.5. The number of aliphatic carboxylic acids is 1. The zero-order valence-corrected chi connectivity index (χ0v) is 13.0. The monoisotopic (exact) mass is 300 g/mol. The molecular formula is C18H20O4. The number of methoxy groups -OCH3 is 1. The van der Waals surface area contributed by atoms with Crippen LogP contribution < -0.4 is 9.47 Å². The Morgan fingerprint density at radius 2 is 1.82 bits per heavy atom. The fourth-order valence-electron chi connectivity index (χ4n) is 2.16. The molecule has 0 radical (unpaired) electrons. The first-order valence-corrected chi connectivity index (χ1v) is 7.09. The van der Waals surface area contributed by atoms with E-state index < -0.39 is 12.1 Å². The predicted molar refractivity (Wildman–Crippen MR) is 84.7 cm³/mol. The van der Waals surface area contributed by atoms with E-state index in [1.807, 2.05) is 32.0 Å². The lowest BCUT2D eigenvalue weighted by molar-refractivity contribution is -0.145. The van der Waals surface area contributed by atoms with Crippen LogP contribution in [-0.2, 0) is 11.2 Å². The number of carboxylic acid groups (broad SMARTS) is 1. The highest BCUT2D eigenvalue weighted by molar-refractivity contribution is 5.73. The number of carbonyl (C=O) groups is 1. The third-order valence-corrected chi connectivity index (χ3v) is 3.59. The summed E-state index contributed by atoms with van der Waals surface area (Å²) in [7, 11) is 1.56. The Morgan fingerprint density at radius 1 is 1.09 bits per heavy atom. The summed E-state index contributed by atoms with van der Waals surface area (Å²) in [6.07, 6.45) is -0.623. The van der Waals surface area contributed by atoms with Gasteiger partial charge in [0, 0.05) is 12.5 Å². The van der Waals surface area contributed by atoms with Gasteiger partial charge >= 0.3 is 5.97 Å². The molecule has 0 aliphatic rings. The van der Waals surface area contributed by atoms with Crippen LogP contribution in [0.1, 0.15) is 16.7 Å². The van der Waals surface area contributed by atoms with Crippen molar-refractivity contribution in [2.45, 2.75) is 26.4 Å². The van der Waals surface area contributed by atoms with Crippen molar-refractivity contribution in [3.63, 3.8) is 0 Å². The minimum absolute atomic E-state index is 0.313. The van der Waals surface area contributed by atoms with E-state index in [9.17, 15) is 9.90 Å². The Kier molecular flexibility index (Phi) is 5.04. The lowest BCUT2D eigenvalue weighted by Gasteiger charge is -2.16. The summed E-state index contributed by atoms with van der Waals surface area (Å²) < 4.78 is 10.7. The van der Waals surface area contributed by atoms with Crippen LogP contribution in [0.3, 0.4) is 0 Å². The maximum absolute atomic E-state index is 11.5. The van der Waals surface area contributed by atoms with Crippen molar-refractivity contribution in [2.75, 3.05) is 7.11 Å². The number of hydrogen-bond donors (Lipinski definition) is 1. The molecule has 2 aromatic carbocycles. The topological polar surface area (TPSA) is 55.8 Å². The first kappa shape index (κ1) is 15.9. The average molecular weight is 300 g/mol. The first-order valence-electron chi connectivity index (χ1n) is 7.09. The van der Waals surface area contributed by atoms with Gasteiger partial charge in [0.15, 0.2) is 6.10 Å². The molecule has 0 amide bonds. The Morgan fingerprint density at radius 3 is 2.45 bits per heavy atom. The van der Waals surface area contributed by atoms with Crippen molar-refractivity contribution in [3.05, 3.63) is 59.2 Å². The zero-order valence-electron chi connectivity index (χ0n) is 13.0. The predicted octanol–water partition coefficient (Wildman–Crippen LogP) is 3.39. The van der Waals surface area contributed by atoms with E-state index in [1.54, 1.807) is 31.4 Å².